The highest BCUT2D eigenvalue weighted by molar-refractivity contribution is 5.02. The summed E-state index contributed by atoms with van der Waals surface area (Å²) in [5, 5.41) is 0. The minimum Gasteiger partial charge on any atom is -0.103 e. The van der Waals surface area contributed by atoms with Crippen LogP contribution in [0.3, 0.4) is 0 Å². The van der Waals surface area contributed by atoms with Crippen molar-refractivity contribution < 1.29 is 0 Å². The molecule has 0 saturated heterocycles. The fraction of sp³-hybridized carbons (Fsp3) is 0.700. The lowest BCUT2D eigenvalue weighted by atomic mass is 9.97. The minimum absolute atomic E-state index is 0.783. The van der Waals surface area contributed by atoms with Crippen molar-refractivity contribution in [3.05, 3.63) is 37.0 Å². The van der Waals surface area contributed by atoms with E-state index in [0.717, 1.165) is 5.92 Å². The zero-order chi connectivity index (χ0) is 15.1. The first-order chi connectivity index (χ1) is 9.70. The zero-order valence-electron chi connectivity index (χ0n) is 14.0. The van der Waals surface area contributed by atoms with Crippen molar-refractivity contribution in [2.75, 3.05) is 0 Å². The van der Waals surface area contributed by atoms with Gasteiger partial charge in [0.25, 0.3) is 0 Å². The van der Waals surface area contributed by atoms with Crippen molar-refractivity contribution in [3.8, 4) is 0 Å². The third-order valence-electron chi connectivity index (χ3n) is 3.69. The predicted molar refractivity (Wildman–Crippen MR) is 94.1 cm³/mol. The molecule has 0 aromatic heterocycles. The average Bonchev–Trinajstić information content (AvgIpc) is 2.43. The average molecular weight is 277 g/mol. The lowest BCUT2D eigenvalue weighted by Gasteiger charge is -2.09. The molecule has 0 spiro atoms. The van der Waals surface area contributed by atoms with E-state index in [1.807, 2.05) is 12.2 Å². The Morgan fingerprint density at radius 3 is 1.85 bits per heavy atom. The van der Waals surface area contributed by atoms with E-state index in [0.29, 0.717) is 0 Å². The second-order valence-electron chi connectivity index (χ2n) is 6.27. The number of unbranched alkanes of at least 4 members (excludes halogenated alkanes) is 6. The highest BCUT2D eigenvalue weighted by atomic mass is 14.1. The molecular formula is C20H36. The highest BCUT2D eigenvalue weighted by Gasteiger charge is 2.00. The Labute approximate surface area is 128 Å². The van der Waals surface area contributed by atoms with Gasteiger partial charge in [-0.05, 0) is 63.7 Å². The molecule has 0 radical (unpaired) electrons. The maximum absolute atomic E-state index is 3.80. The molecule has 0 aliphatic carbocycles. The van der Waals surface area contributed by atoms with Gasteiger partial charge in [0.2, 0.25) is 0 Å². The Hall–Kier alpha value is -0.780. The van der Waals surface area contributed by atoms with Crippen LogP contribution in [0.2, 0.25) is 0 Å². The summed E-state index contributed by atoms with van der Waals surface area (Å²) in [5.74, 6) is 0.783. The standard InChI is InChI=1S/C20H36/c1-5-7-9-11-12-14-16-20(18-17-19(3)4)15-13-10-8-6-2/h5-6,18-19H,1-2,7-17H2,3-4H3. The molecule has 20 heavy (non-hydrogen) atoms. The molecule has 0 rings (SSSR count). The second kappa shape index (κ2) is 14.6. The van der Waals surface area contributed by atoms with Gasteiger partial charge in [-0.1, -0.05) is 50.5 Å². The molecule has 0 amide bonds. The lowest BCUT2D eigenvalue weighted by molar-refractivity contribution is 0.616. The van der Waals surface area contributed by atoms with Gasteiger partial charge in [0.15, 0.2) is 0 Å². The van der Waals surface area contributed by atoms with Gasteiger partial charge >= 0.3 is 0 Å². The zero-order valence-corrected chi connectivity index (χ0v) is 14.0. The van der Waals surface area contributed by atoms with Crippen LogP contribution in [-0.2, 0) is 0 Å². The summed E-state index contributed by atoms with van der Waals surface area (Å²) in [5.41, 5.74) is 1.70. The van der Waals surface area contributed by atoms with Crippen LogP contribution in [0.1, 0.15) is 84.5 Å². The van der Waals surface area contributed by atoms with Crippen molar-refractivity contribution in [3.63, 3.8) is 0 Å². The van der Waals surface area contributed by atoms with E-state index >= 15 is 0 Å². The first kappa shape index (κ1) is 19.2. The topological polar surface area (TPSA) is 0 Å². The minimum atomic E-state index is 0.783. The van der Waals surface area contributed by atoms with E-state index in [1.165, 1.54) is 70.6 Å². The lowest BCUT2D eigenvalue weighted by Crippen LogP contribution is -1.90. The number of hydrogen-bond donors (Lipinski definition) is 0. The number of hydrogen-bond acceptors (Lipinski definition) is 0. The van der Waals surface area contributed by atoms with Gasteiger partial charge < -0.3 is 0 Å². The summed E-state index contributed by atoms with van der Waals surface area (Å²) in [7, 11) is 0. The highest BCUT2D eigenvalue weighted by Crippen LogP contribution is 2.19. The number of allylic oxidation sites excluding steroid dienone is 4. The summed E-state index contributed by atoms with van der Waals surface area (Å²) in [6.45, 7) is 12.2. The molecule has 0 heteroatoms. The Bertz CT molecular complexity index is 257. The van der Waals surface area contributed by atoms with Crippen LogP contribution in [0.5, 0.6) is 0 Å². The molecule has 0 aliphatic heterocycles. The quantitative estimate of drug-likeness (QED) is 0.232. The van der Waals surface area contributed by atoms with Crippen molar-refractivity contribution in [2.24, 2.45) is 5.92 Å². The molecule has 0 aromatic rings. The van der Waals surface area contributed by atoms with Gasteiger partial charge in [-0.3, -0.25) is 0 Å². The Kier molecular flexibility index (Phi) is 14.1. The molecule has 0 bridgehead atoms. The fourth-order valence-corrected chi connectivity index (χ4v) is 2.37. The van der Waals surface area contributed by atoms with Crippen LogP contribution in [0.25, 0.3) is 0 Å². The van der Waals surface area contributed by atoms with E-state index in [-0.39, 0.29) is 0 Å². The molecule has 0 saturated carbocycles. The molecule has 0 N–H and O–H groups in total. The fourth-order valence-electron chi connectivity index (χ4n) is 2.37. The Balaban J connectivity index is 3.88. The maximum atomic E-state index is 3.80. The van der Waals surface area contributed by atoms with Crippen molar-refractivity contribution in [2.45, 2.75) is 84.5 Å². The molecule has 0 unspecified atom stereocenters. The van der Waals surface area contributed by atoms with Gasteiger partial charge in [-0.2, -0.15) is 0 Å². The van der Waals surface area contributed by atoms with E-state index in [2.05, 4.69) is 33.1 Å². The molecular weight excluding hydrogens is 240 g/mol. The smallest absolute Gasteiger partial charge is 0.0320 e. The molecule has 0 fully saturated rings. The summed E-state index contributed by atoms with van der Waals surface area (Å²) >= 11 is 0. The van der Waals surface area contributed by atoms with Crippen LogP contribution >= 0.6 is 0 Å². The third kappa shape index (κ3) is 13.6. The van der Waals surface area contributed by atoms with Gasteiger partial charge in [-0.25, -0.2) is 0 Å². The normalized spacial score (nSPS) is 11.8. The summed E-state index contributed by atoms with van der Waals surface area (Å²) in [4.78, 5) is 0. The molecule has 0 atom stereocenters. The maximum Gasteiger partial charge on any atom is -0.0320 e. The first-order valence-electron chi connectivity index (χ1n) is 8.60. The second-order valence-corrected chi connectivity index (χ2v) is 6.27. The van der Waals surface area contributed by atoms with E-state index in [9.17, 15) is 0 Å². The van der Waals surface area contributed by atoms with Crippen molar-refractivity contribution >= 4 is 0 Å². The SMILES string of the molecule is C=CCCCCCCC(=CCC(C)C)CCCCC=C. The summed E-state index contributed by atoms with van der Waals surface area (Å²) in [6.07, 6.45) is 20.8. The summed E-state index contributed by atoms with van der Waals surface area (Å²) < 4.78 is 0. The van der Waals surface area contributed by atoms with Crippen LogP contribution in [0, 0.1) is 5.92 Å². The van der Waals surface area contributed by atoms with Crippen molar-refractivity contribution in [1.29, 1.82) is 0 Å². The monoisotopic (exact) mass is 276 g/mol. The Morgan fingerprint density at radius 2 is 1.30 bits per heavy atom. The first-order valence-corrected chi connectivity index (χ1v) is 8.60. The van der Waals surface area contributed by atoms with Gasteiger partial charge in [0.1, 0.15) is 0 Å². The molecule has 0 heterocycles. The van der Waals surface area contributed by atoms with Gasteiger partial charge in [0.05, 0.1) is 0 Å². The van der Waals surface area contributed by atoms with Crippen LogP contribution < -0.4 is 0 Å². The van der Waals surface area contributed by atoms with Crippen molar-refractivity contribution in [1.82, 2.24) is 0 Å². The van der Waals surface area contributed by atoms with E-state index in [1.54, 1.807) is 5.57 Å². The van der Waals surface area contributed by atoms with Gasteiger partial charge in [-0.15, -0.1) is 13.2 Å². The molecule has 0 nitrogen and oxygen atoms in total. The van der Waals surface area contributed by atoms with E-state index < -0.39 is 0 Å². The van der Waals surface area contributed by atoms with Gasteiger partial charge in [0, 0.05) is 0 Å². The Morgan fingerprint density at radius 1 is 0.800 bits per heavy atom. The van der Waals surface area contributed by atoms with Crippen LogP contribution in [-0.4, -0.2) is 0 Å². The van der Waals surface area contributed by atoms with Crippen LogP contribution in [0.4, 0.5) is 0 Å². The molecule has 0 aromatic carbocycles. The van der Waals surface area contributed by atoms with E-state index in [4.69, 9.17) is 0 Å². The third-order valence-corrected chi connectivity index (χ3v) is 3.69. The molecule has 116 valence electrons. The summed E-state index contributed by atoms with van der Waals surface area (Å²) in [6, 6.07) is 0. The molecule has 0 aliphatic rings. The largest absolute Gasteiger partial charge is 0.103 e. The van der Waals surface area contributed by atoms with Crippen LogP contribution in [0.15, 0.2) is 37.0 Å². The predicted octanol–water partition coefficient (Wildman–Crippen LogP) is 7.23. The number of rotatable bonds is 14.